The van der Waals surface area contributed by atoms with E-state index in [4.69, 9.17) is 10.5 Å². The zero-order chi connectivity index (χ0) is 12.0. The summed E-state index contributed by atoms with van der Waals surface area (Å²) in [6, 6.07) is 5.52. The first-order valence-corrected chi connectivity index (χ1v) is 6.70. The number of unbranched alkanes of at least 4 members (excludes halogenated alkanes) is 1. The van der Waals surface area contributed by atoms with Gasteiger partial charge in [-0.2, -0.15) is 0 Å². The van der Waals surface area contributed by atoms with Crippen LogP contribution in [-0.4, -0.2) is 23.7 Å². The van der Waals surface area contributed by atoms with E-state index < -0.39 is 10.8 Å². The Balaban J connectivity index is 2.53. The molecule has 1 unspecified atom stereocenters. The SMILES string of the molecule is COCCCCS(=O)c1ccc(N)cc1C. The second kappa shape index (κ2) is 6.66. The highest BCUT2D eigenvalue weighted by atomic mass is 32.2. The third-order valence-corrected chi connectivity index (χ3v) is 3.98. The average Bonchev–Trinajstić information content (AvgIpc) is 2.24. The number of aryl methyl sites for hydroxylation is 1. The molecule has 0 radical (unpaired) electrons. The van der Waals surface area contributed by atoms with Gasteiger partial charge in [0.2, 0.25) is 0 Å². The normalized spacial score (nSPS) is 12.6. The molecule has 0 amide bonds. The average molecular weight is 241 g/mol. The van der Waals surface area contributed by atoms with Crippen molar-refractivity contribution in [3.63, 3.8) is 0 Å². The predicted molar refractivity (Wildman–Crippen MR) is 68.0 cm³/mol. The molecule has 0 bridgehead atoms. The lowest BCUT2D eigenvalue weighted by Gasteiger charge is -2.06. The van der Waals surface area contributed by atoms with Crippen molar-refractivity contribution in [3.05, 3.63) is 23.8 Å². The molecule has 3 nitrogen and oxygen atoms in total. The van der Waals surface area contributed by atoms with Crippen molar-refractivity contribution < 1.29 is 8.95 Å². The standard InChI is InChI=1S/C12H19NO2S/c1-10-9-11(13)5-6-12(10)16(14)8-4-3-7-15-2/h5-6,9H,3-4,7-8,13H2,1-2H3. The van der Waals surface area contributed by atoms with Gasteiger partial charge >= 0.3 is 0 Å². The molecule has 90 valence electrons. The maximum Gasteiger partial charge on any atom is 0.0532 e. The zero-order valence-corrected chi connectivity index (χ0v) is 10.7. The van der Waals surface area contributed by atoms with Gasteiger partial charge in [0.25, 0.3) is 0 Å². The number of hydrogen-bond acceptors (Lipinski definition) is 3. The van der Waals surface area contributed by atoms with Crippen LogP contribution in [0, 0.1) is 6.92 Å². The first-order valence-electron chi connectivity index (χ1n) is 5.38. The molecule has 1 atom stereocenters. The van der Waals surface area contributed by atoms with Crippen molar-refractivity contribution in [2.75, 3.05) is 25.2 Å². The van der Waals surface area contributed by atoms with E-state index in [1.807, 2.05) is 19.1 Å². The molecule has 2 N–H and O–H groups in total. The minimum Gasteiger partial charge on any atom is -0.399 e. The summed E-state index contributed by atoms with van der Waals surface area (Å²) in [5, 5.41) is 0. The lowest BCUT2D eigenvalue weighted by molar-refractivity contribution is 0.194. The van der Waals surface area contributed by atoms with Crippen LogP contribution < -0.4 is 5.73 Å². The smallest absolute Gasteiger partial charge is 0.0532 e. The van der Waals surface area contributed by atoms with Crippen molar-refractivity contribution >= 4 is 16.5 Å². The van der Waals surface area contributed by atoms with Crippen LogP contribution in [0.15, 0.2) is 23.1 Å². The number of benzene rings is 1. The van der Waals surface area contributed by atoms with E-state index in [2.05, 4.69) is 0 Å². The molecule has 4 heteroatoms. The quantitative estimate of drug-likeness (QED) is 0.613. The Morgan fingerprint density at radius 1 is 1.38 bits per heavy atom. The van der Waals surface area contributed by atoms with Gasteiger partial charge in [-0.3, -0.25) is 4.21 Å². The molecule has 0 spiro atoms. The Morgan fingerprint density at radius 2 is 2.12 bits per heavy atom. The van der Waals surface area contributed by atoms with Crippen LogP contribution in [0.2, 0.25) is 0 Å². The van der Waals surface area contributed by atoms with Gasteiger partial charge in [0.15, 0.2) is 0 Å². The second-order valence-electron chi connectivity index (χ2n) is 3.77. The van der Waals surface area contributed by atoms with Crippen LogP contribution in [0.3, 0.4) is 0 Å². The predicted octanol–water partition coefficient (Wildman–Crippen LogP) is 2.11. The summed E-state index contributed by atoms with van der Waals surface area (Å²) in [5.74, 6) is 0.689. The maximum atomic E-state index is 12.0. The largest absolute Gasteiger partial charge is 0.399 e. The molecule has 1 rings (SSSR count). The Kier molecular flexibility index (Phi) is 5.49. The van der Waals surface area contributed by atoms with E-state index >= 15 is 0 Å². The number of nitrogen functional groups attached to an aromatic ring is 1. The van der Waals surface area contributed by atoms with E-state index in [1.54, 1.807) is 13.2 Å². The number of nitrogens with two attached hydrogens (primary N) is 1. The first-order chi connectivity index (χ1) is 7.65. The summed E-state index contributed by atoms with van der Waals surface area (Å²) in [6.45, 7) is 2.68. The molecular formula is C12H19NO2S. The fraction of sp³-hybridized carbons (Fsp3) is 0.500. The topological polar surface area (TPSA) is 52.3 Å². The number of hydrogen-bond donors (Lipinski definition) is 1. The Hall–Kier alpha value is -0.870. The van der Waals surface area contributed by atoms with Gasteiger partial charge in [-0.15, -0.1) is 0 Å². The van der Waals surface area contributed by atoms with Crippen LogP contribution in [0.5, 0.6) is 0 Å². The van der Waals surface area contributed by atoms with Gasteiger partial charge in [-0.05, 0) is 43.5 Å². The lowest BCUT2D eigenvalue weighted by atomic mass is 10.2. The zero-order valence-electron chi connectivity index (χ0n) is 9.86. The summed E-state index contributed by atoms with van der Waals surface area (Å²) in [4.78, 5) is 0.895. The third kappa shape index (κ3) is 3.94. The highest BCUT2D eigenvalue weighted by Gasteiger charge is 2.06. The highest BCUT2D eigenvalue weighted by Crippen LogP contribution is 2.17. The number of methoxy groups -OCH3 is 1. The van der Waals surface area contributed by atoms with Gasteiger partial charge in [0.1, 0.15) is 0 Å². The van der Waals surface area contributed by atoms with Crippen LogP contribution >= 0.6 is 0 Å². The molecule has 0 aliphatic carbocycles. The maximum absolute atomic E-state index is 12.0. The number of ether oxygens (including phenoxy) is 1. The molecule has 0 saturated heterocycles. The fourth-order valence-electron chi connectivity index (χ4n) is 1.52. The first kappa shape index (κ1) is 13.2. The number of anilines is 1. The van der Waals surface area contributed by atoms with Gasteiger partial charge in [-0.25, -0.2) is 0 Å². The van der Waals surface area contributed by atoms with Crippen LogP contribution in [0.1, 0.15) is 18.4 Å². The molecule has 0 aliphatic heterocycles. The minimum absolute atomic E-state index is 0.689. The van der Waals surface area contributed by atoms with Gasteiger partial charge < -0.3 is 10.5 Å². The second-order valence-corrected chi connectivity index (χ2v) is 5.31. The van der Waals surface area contributed by atoms with Crippen molar-refractivity contribution in [2.24, 2.45) is 0 Å². The van der Waals surface area contributed by atoms with Crippen molar-refractivity contribution in [2.45, 2.75) is 24.7 Å². The van der Waals surface area contributed by atoms with E-state index in [0.717, 1.165) is 35.6 Å². The Morgan fingerprint density at radius 3 is 2.75 bits per heavy atom. The van der Waals surface area contributed by atoms with Gasteiger partial charge in [0, 0.05) is 30.1 Å². The third-order valence-electron chi connectivity index (χ3n) is 2.37. The molecule has 0 fully saturated rings. The lowest BCUT2D eigenvalue weighted by Crippen LogP contribution is -2.02. The summed E-state index contributed by atoms with van der Waals surface area (Å²) < 4.78 is 16.9. The summed E-state index contributed by atoms with van der Waals surface area (Å²) >= 11 is 0. The molecule has 1 aromatic rings. The van der Waals surface area contributed by atoms with Gasteiger partial charge in [-0.1, -0.05) is 0 Å². The van der Waals surface area contributed by atoms with E-state index in [0.29, 0.717) is 5.75 Å². The molecule has 0 aliphatic rings. The van der Waals surface area contributed by atoms with Crippen molar-refractivity contribution in [1.29, 1.82) is 0 Å². The van der Waals surface area contributed by atoms with Crippen LogP contribution in [-0.2, 0) is 15.5 Å². The van der Waals surface area contributed by atoms with Crippen molar-refractivity contribution in [3.8, 4) is 0 Å². The van der Waals surface area contributed by atoms with Crippen LogP contribution in [0.25, 0.3) is 0 Å². The Labute approximate surface area is 99.4 Å². The fourth-order valence-corrected chi connectivity index (χ4v) is 2.84. The molecular weight excluding hydrogens is 222 g/mol. The highest BCUT2D eigenvalue weighted by molar-refractivity contribution is 7.85. The van der Waals surface area contributed by atoms with Crippen molar-refractivity contribution in [1.82, 2.24) is 0 Å². The van der Waals surface area contributed by atoms with E-state index in [9.17, 15) is 4.21 Å². The summed E-state index contributed by atoms with van der Waals surface area (Å²) in [7, 11) is 0.764. The molecule has 1 aromatic carbocycles. The monoisotopic (exact) mass is 241 g/mol. The van der Waals surface area contributed by atoms with Gasteiger partial charge in [0.05, 0.1) is 10.8 Å². The Bertz CT molecular complexity index is 366. The van der Waals surface area contributed by atoms with Crippen LogP contribution in [0.4, 0.5) is 5.69 Å². The summed E-state index contributed by atoms with van der Waals surface area (Å²) in [5.41, 5.74) is 7.38. The molecule has 16 heavy (non-hydrogen) atoms. The number of rotatable bonds is 6. The summed E-state index contributed by atoms with van der Waals surface area (Å²) in [6.07, 6.45) is 1.88. The van der Waals surface area contributed by atoms with E-state index in [1.165, 1.54) is 0 Å². The molecule has 0 saturated carbocycles. The molecule has 0 aromatic heterocycles. The molecule has 0 heterocycles. The minimum atomic E-state index is -0.918. The van der Waals surface area contributed by atoms with E-state index in [-0.39, 0.29) is 0 Å².